The number of nitrogens with one attached hydrogen (secondary N) is 1. The molecule has 0 heterocycles. The Balaban J connectivity index is 2.74. The van der Waals surface area contributed by atoms with E-state index in [9.17, 15) is 5.11 Å². The maximum absolute atomic E-state index is 10.1. The van der Waals surface area contributed by atoms with Crippen LogP contribution < -0.4 is 15.8 Å². The van der Waals surface area contributed by atoms with E-state index in [0.29, 0.717) is 6.61 Å². The highest BCUT2D eigenvalue weighted by molar-refractivity contribution is 9.10. The molecule has 102 valence electrons. The summed E-state index contributed by atoms with van der Waals surface area (Å²) >= 11 is 3.43. The first kappa shape index (κ1) is 15.4. The highest BCUT2D eigenvalue weighted by Gasteiger charge is 2.17. The zero-order valence-electron chi connectivity index (χ0n) is 10.8. The van der Waals surface area contributed by atoms with Crippen LogP contribution in [0.25, 0.3) is 0 Å². The molecule has 0 bridgehead atoms. The van der Waals surface area contributed by atoms with Crippen molar-refractivity contribution in [1.29, 1.82) is 0 Å². The van der Waals surface area contributed by atoms with Gasteiger partial charge in [-0.25, -0.2) is 0 Å². The Labute approximate surface area is 117 Å². The fourth-order valence-electron chi connectivity index (χ4n) is 1.69. The van der Waals surface area contributed by atoms with Crippen molar-refractivity contribution in [2.75, 3.05) is 20.2 Å². The Kier molecular flexibility index (Phi) is 6.63. The Morgan fingerprint density at radius 1 is 1.50 bits per heavy atom. The molecule has 4 N–H and O–H groups in total. The third-order valence-electron chi connectivity index (χ3n) is 2.73. The van der Waals surface area contributed by atoms with Crippen LogP contribution in [0.4, 0.5) is 0 Å². The first-order valence-electron chi connectivity index (χ1n) is 6.10. The summed E-state index contributed by atoms with van der Waals surface area (Å²) < 4.78 is 6.26. The monoisotopic (exact) mass is 316 g/mol. The Hall–Kier alpha value is -0.620. The minimum Gasteiger partial charge on any atom is -0.493 e. The molecule has 1 rings (SSSR count). The van der Waals surface area contributed by atoms with Gasteiger partial charge in [-0.3, -0.25) is 0 Å². The van der Waals surface area contributed by atoms with Gasteiger partial charge in [-0.1, -0.05) is 6.07 Å². The predicted octanol–water partition coefficient (Wildman–Crippen LogP) is 1.82. The second-order valence-electron chi connectivity index (χ2n) is 4.12. The molecule has 0 fully saturated rings. The van der Waals surface area contributed by atoms with Crippen molar-refractivity contribution >= 4 is 15.9 Å². The zero-order valence-corrected chi connectivity index (χ0v) is 12.4. The van der Waals surface area contributed by atoms with Gasteiger partial charge in [0.05, 0.1) is 17.2 Å². The second-order valence-corrected chi connectivity index (χ2v) is 4.98. The summed E-state index contributed by atoms with van der Waals surface area (Å²) in [4.78, 5) is 0. The van der Waals surface area contributed by atoms with Gasteiger partial charge in [-0.15, -0.1) is 0 Å². The largest absolute Gasteiger partial charge is 0.493 e. The van der Waals surface area contributed by atoms with Gasteiger partial charge in [0.1, 0.15) is 5.75 Å². The number of benzene rings is 1. The van der Waals surface area contributed by atoms with E-state index >= 15 is 0 Å². The molecule has 0 aliphatic carbocycles. The number of hydrogen-bond donors (Lipinski definition) is 3. The molecule has 4 nitrogen and oxygen atoms in total. The van der Waals surface area contributed by atoms with E-state index in [0.717, 1.165) is 28.8 Å². The number of hydrogen-bond acceptors (Lipinski definition) is 4. The van der Waals surface area contributed by atoms with Gasteiger partial charge < -0.3 is 20.9 Å². The summed E-state index contributed by atoms with van der Waals surface area (Å²) in [5.41, 5.74) is 6.75. The maximum Gasteiger partial charge on any atom is 0.133 e. The fraction of sp³-hybridized carbons (Fsp3) is 0.538. The van der Waals surface area contributed by atoms with Gasteiger partial charge in [0.2, 0.25) is 0 Å². The van der Waals surface area contributed by atoms with Crippen LogP contribution in [0.15, 0.2) is 22.7 Å². The van der Waals surface area contributed by atoms with Crippen LogP contribution in [0, 0.1) is 0 Å². The first-order valence-corrected chi connectivity index (χ1v) is 6.90. The molecule has 0 saturated heterocycles. The van der Waals surface area contributed by atoms with Crippen molar-refractivity contribution in [2.24, 2.45) is 5.73 Å². The van der Waals surface area contributed by atoms with Gasteiger partial charge in [0, 0.05) is 6.04 Å². The maximum atomic E-state index is 10.1. The molecule has 0 spiro atoms. The van der Waals surface area contributed by atoms with E-state index in [2.05, 4.69) is 21.2 Å². The van der Waals surface area contributed by atoms with E-state index in [-0.39, 0.29) is 6.04 Å². The summed E-state index contributed by atoms with van der Waals surface area (Å²) in [7, 11) is 1.87. The van der Waals surface area contributed by atoms with E-state index in [1.807, 2.05) is 32.2 Å². The Bertz CT molecular complexity index is 374. The Morgan fingerprint density at radius 3 is 2.78 bits per heavy atom. The molecule has 0 aliphatic rings. The number of ether oxygens (including phenoxy) is 1. The topological polar surface area (TPSA) is 67.5 Å². The van der Waals surface area contributed by atoms with Gasteiger partial charge >= 0.3 is 0 Å². The summed E-state index contributed by atoms with van der Waals surface area (Å²) in [5.74, 6) is 0.775. The highest BCUT2D eigenvalue weighted by atomic mass is 79.9. The third-order valence-corrected chi connectivity index (χ3v) is 3.35. The van der Waals surface area contributed by atoms with E-state index < -0.39 is 6.10 Å². The van der Waals surface area contributed by atoms with Crippen LogP contribution in [-0.2, 0) is 0 Å². The molecule has 0 radical (unpaired) electrons. The minimum absolute atomic E-state index is 0.276. The SMILES string of the molecule is CCOc1ccc(C(O)C(N)CCNC)cc1Br. The smallest absolute Gasteiger partial charge is 0.133 e. The van der Waals surface area contributed by atoms with Gasteiger partial charge in [-0.2, -0.15) is 0 Å². The molecule has 1 aromatic rings. The summed E-state index contributed by atoms with van der Waals surface area (Å²) in [6.45, 7) is 3.33. The fourth-order valence-corrected chi connectivity index (χ4v) is 2.20. The minimum atomic E-state index is -0.662. The summed E-state index contributed by atoms with van der Waals surface area (Å²) in [5, 5.41) is 13.2. The van der Waals surface area contributed by atoms with Crippen LogP contribution in [0.2, 0.25) is 0 Å². The summed E-state index contributed by atoms with van der Waals surface area (Å²) in [6, 6.07) is 5.27. The molecule has 2 unspecified atom stereocenters. The standard InChI is InChI=1S/C13H21BrN2O2/c1-3-18-12-5-4-9(8-10(12)14)13(17)11(15)6-7-16-2/h4-5,8,11,13,16-17H,3,6-7,15H2,1-2H3. The van der Waals surface area contributed by atoms with Crippen molar-refractivity contribution in [1.82, 2.24) is 5.32 Å². The van der Waals surface area contributed by atoms with E-state index in [1.54, 1.807) is 0 Å². The predicted molar refractivity (Wildman–Crippen MR) is 76.8 cm³/mol. The van der Waals surface area contributed by atoms with Crippen LogP contribution in [0.5, 0.6) is 5.75 Å². The number of rotatable bonds is 7. The van der Waals surface area contributed by atoms with Crippen LogP contribution in [0.3, 0.4) is 0 Å². The van der Waals surface area contributed by atoms with Crippen LogP contribution >= 0.6 is 15.9 Å². The van der Waals surface area contributed by atoms with Crippen LogP contribution in [0.1, 0.15) is 25.0 Å². The molecule has 18 heavy (non-hydrogen) atoms. The second kappa shape index (κ2) is 7.74. The number of aliphatic hydroxyl groups is 1. The molecular weight excluding hydrogens is 296 g/mol. The quantitative estimate of drug-likeness (QED) is 0.718. The molecular formula is C13H21BrN2O2. The van der Waals surface area contributed by atoms with Crippen molar-refractivity contribution in [3.8, 4) is 5.75 Å². The van der Waals surface area contributed by atoms with Crippen molar-refractivity contribution in [3.05, 3.63) is 28.2 Å². The lowest BCUT2D eigenvalue weighted by atomic mass is 10.0. The summed E-state index contributed by atoms with van der Waals surface area (Å²) in [6.07, 6.45) is 0.0630. The van der Waals surface area contributed by atoms with Crippen molar-refractivity contribution in [2.45, 2.75) is 25.5 Å². The number of halogens is 1. The molecule has 2 atom stereocenters. The molecule has 0 aromatic heterocycles. The molecule has 0 aliphatic heterocycles. The van der Waals surface area contributed by atoms with E-state index in [4.69, 9.17) is 10.5 Å². The number of nitrogens with two attached hydrogens (primary N) is 1. The lowest BCUT2D eigenvalue weighted by molar-refractivity contribution is 0.142. The number of aliphatic hydroxyl groups excluding tert-OH is 1. The Morgan fingerprint density at radius 2 is 2.22 bits per heavy atom. The average molecular weight is 317 g/mol. The molecule has 5 heteroatoms. The van der Waals surface area contributed by atoms with Gasteiger partial charge in [0.15, 0.2) is 0 Å². The van der Waals surface area contributed by atoms with Gasteiger partial charge in [0.25, 0.3) is 0 Å². The average Bonchev–Trinajstić information content (AvgIpc) is 2.37. The van der Waals surface area contributed by atoms with Crippen LogP contribution in [-0.4, -0.2) is 31.3 Å². The zero-order chi connectivity index (χ0) is 13.5. The molecule has 0 saturated carbocycles. The van der Waals surface area contributed by atoms with Crippen molar-refractivity contribution < 1.29 is 9.84 Å². The molecule has 1 aromatic carbocycles. The van der Waals surface area contributed by atoms with Gasteiger partial charge in [-0.05, 0) is 60.6 Å². The lowest BCUT2D eigenvalue weighted by Gasteiger charge is -2.20. The normalized spacial score (nSPS) is 14.3. The lowest BCUT2D eigenvalue weighted by Crippen LogP contribution is -2.31. The van der Waals surface area contributed by atoms with Crippen molar-refractivity contribution in [3.63, 3.8) is 0 Å². The highest BCUT2D eigenvalue weighted by Crippen LogP contribution is 2.29. The molecule has 0 amide bonds. The third kappa shape index (κ3) is 4.24. The van der Waals surface area contributed by atoms with E-state index in [1.165, 1.54) is 0 Å². The first-order chi connectivity index (χ1) is 8.60.